The van der Waals surface area contributed by atoms with Gasteiger partial charge in [0.2, 0.25) is 0 Å². The average Bonchev–Trinajstić information content (AvgIpc) is 2.70. The number of benzene rings is 1. The SMILES string of the molecule is COC(=O)c1cc(F)c(N2CCC(O[C@H]3CC[C@H](CO)CC3)CC2)cc1Br. The number of ether oxygens (including phenoxy) is 2. The Balaban J connectivity index is 1.55. The molecule has 1 aromatic rings. The Kier molecular flexibility index (Phi) is 7.11. The molecule has 1 aliphatic heterocycles. The molecule has 0 aromatic heterocycles. The van der Waals surface area contributed by atoms with Crippen LogP contribution in [0.25, 0.3) is 0 Å². The van der Waals surface area contributed by atoms with Gasteiger partial charge in [0.1, 0.15) is 5.82 Å². The van der Waals surface area contributed by atoms with Crippen molar-refractivity contribution in [2.45, 2.75) is 50.7 Å². The van der Waals surface area contributed by atoms with Crippen molar-refractivity contribution < 1.29 is 23.8 Å². The van der Waals surface area contributed by atoms with Crippen molar-refractivity contribution in [3.63, 3.8) is 0 Å². The Labute approximate surface area is 168 Å². The summed E-state index contributed by atoms with van der Waals surface area (Å²) in [6.07, 6.45) is 6.31. The van der Waals surface area contributed by atoms with Crippen LogP contribution in [0.2, 0.25) is 0 Å². The normalized spacial score (nSPS) is 24.1. The highest BCUT2D eigenvalue weighted by atomic mass is 79.9. The van der Waals surface area contributed by atoms with Gasteiger partial charge in [0.15, 0.2) is 0 Å². The van der Waals surface area contributed by atoms with Crippen molar-refractivity contribution >= 4 is 27.6 Å². The zero-order valence-corrected chi connectivity index (χ0v) is 17.2. The maximum atomic E-state index is 14.5. The van der Waals surface area contributed by atoms with Crippen molar-refractivity contribution in [2.24, 2.45) is 5.92 Å². The summed E-state index contributed by atoms with van der Waals surface area (Å²) in [5, 5.41) is 9.23. The Bertz CT molecular complexity index is 656. The zero-order chi connectivity index (χ0) is 19.4. The topological polar surface area (TPSA) is 59.0 Å². The predicted molar refractivity (Wildman–Crippen MR) is 105 cm³/mol. The number of aliphatic hydroxyl groups excluding tert-OH is 1. The maximum absolute atomic E-state index is 14.5. The molecule has 0 unspecified atom stereocenters. The lowest BCUT2D eigenvalue weighted by molar-refractivity contribution is -0.0486. The van der Waals surface area contributed by atoms with Gasteiger partial charge in [-0.1, -0.05) is 0 Å². The van der Waals surface area contributed by atoms with E-state index in [0.29, 0.717) is 16.1 Å². The Hall–Kier alpha value is -1.18. The minimum Gasteiger partial charge on any atom is -0.465 e. The molecule has 7 heteroatoms. The summed E-state index contributed by atoms with van der Waals surface area (Å²) in [6, 6.07) is 2.88. The summed E-state index contributed by atoms with van der Waals surface area (Å²) in [4.78, 5) is 13.7. The van der Waals surface area contributed by atoms with Crippen molar-refractivity contribution in [3.8, 4) is 0 Å². The van der Waals surface area contributed by atoms with E-state index in [1.807, 2.05) is 4.90 Å². The lowest BCUT2D eigenvalue weighted by Crippen LogP contribution is -2.39. The van der Waals surface area contributed by atoms with Crippen molar-refractivity contribution in [3.05, 3.63) is 28.0 Å². The van der Waals surface area contributed by atoms with Crippen LogP contribution >= 0.6 is 15.9 Å². The summed E-state index contributed by atoms with van der Waals surface area (Å²) >= 11 is 3.34. The third-order valence-electron chi connectivity index (χ3n) is 5.66. The molecule has 0 radical (unpaired) electrons. The Morgan fingerprint density at radius 1 is 1.19 bits per heavy atom. The molecule has 0 spiro atoms. The summed E-state index contributed by atoms with van der Waals surface area (Å²) in [5.74, 6) is -0.545. The van der Waals surface area contributed by atoms with E-state index >= 15 is 0 Å². The number of methoxy groups -OCH3 is 1. The third kappa shape index (κ3) is 5.00. The van der Waals surface area contributed by atoms with Crippen LogP contribution < -0.4 is 4.90 Å². The number of halogens is 2. The highest BCUT2D eigenvalue weighted by molar-refractivity contribution is 9.10. The molecule has 1 aliphatic carbocycles. The van der Waals surface area contributed by atoms with E-state index in [9.17, 15) is 14.3 Å². The first-order chi connectivity index (χ1) is 13.0. The Morgan fingerprint density at radius 2 is 1.81 bits per heavy atom. The fourth-order valence-corrected chi connectivity index (χ4v) is 4.49. The molecule has 0 amide bonds. The molecule has 1 N–H and O–H groups in total. The number of esters is 1. The van der Waals surface area contributed by atoms with Gasteiger partial charge in [-0.15, -0.1) is 0 Å². The number of piperidine rings is 1. The molecule has 150 valence electrons. The molecule has 1 saturated carbocycles. The number of rotatable bonds is 5. The summed E-state index contributed by atoms with van der Waals surface area (Å²) in [5.41, 5.74) is 0.687. The second-order valence-corrected chi connectivity index (χ2v) is 8.28. The van der Waals surface area contributed by atoms with Gasteiger partial charge >= 0.3 is 5.97 Å². The second kappa shape index (κ2) is 9.34. The molecule has 3 rings (SSSR count). The van der Waals surface area contributed by atoms with Gasteiger partial charge in [-0.3, -0.25) is 0 Å². The van der Waals surface area contributed by atoms with Crippen LogP contribution in [0.3, 0.4) is 0 Å². The molecule has 27 heavy (non-hydrogen) atoms. The van der Waals surface area contributed by atoms with E-state index in [-0.39, 0.29) is 24.4 Å². The minimum absolute atomic E-state index is 0.190. The van der Waals surface area contributed by atoms with E-state index in [1.54, 1.807) is 6.07 Å². The van der Waals surface area contributed by atoms with Crippen LogP contribution in [0.5, 0.6) is 0 Å². The van der Waals surface area contributed by atoms with Crippen LogP contribution in [-0.4, -0.2) is 50.1 Å². The summed E-state index contributed by atoms with van der Waals surface area (Å²) < 4.78 is 26.0. The number of nitrogens with zero attached hydrogens (tertiary/aromatic N) is 1. The van der Waals surface area contributed by atoms with Gasteiger partial charge in [0, 0.05) is 24.2 Å². The highest BCUT2D eigenvalue weighted by Crippen LogP contribution is 2.32. The van der Waals surface area contributed by atoms with Gasteiger partial charge in [-0.05, 0) is 72.5 Å². The Morgan fingerprint density at radius 3 is 2.41 bits per heavy atom. The molecule has 0 bridgehead atoms. The molecule has 1 heterocycles. The minimum atomic E-state index is -0.560. The van der Waals surface area contributed by atoms with Crippen LogP contribution in [-0.2, 0) is 9.47 Å². The molecule has 1 aromatic carbocycles. The molecule has 1 saturated heterocycles. The molecular formula is C20H27BrFNO4. The fourth-order valence-electron chi connectivity index (χ4n) is 4.00. The van der Waals surface area contributed by atoms with E-state index in [2.05, 4.69) is 20.7 Å². The van der Waals surface area contributed by atoms with Crippen LogP contribution in [0, 0.1) is 11.7 Å². The monoisotopic (exact) mass is 443 g/mol. The number of hydrogen-bond donors (Lipinski definition) is 1. The highest BCUT2D eigenvalue weighted by Gasteiger charge is 2.28. The molecular weight excluding hydrogens is 417 g/mol. The first kappa shape index (κ1) is 20.6. The summed E-state index contributed by atoms with van der Waals surface area (Å²) in [6.45, 7) is 1.72. The molecule has 2 fully saturated rings. The smallest absolute Gasteiger partial charge is 0.339 e. The molecule has 2 aliphatic rings. The second-order valence-electron chi connectivity index (χ2n) is 7.42. The lowest BCUT2D eigenvalue weighted by atomic mass is 9.88. The van der Waals surface area contributed by atoms with E-state index in [0.717, 1.165) is 51.6 Å². The van der Waals surface area contributed by atoms with Crippen molar-refractivity contribution in [1.29, 1.82) is 0 Å². The van der Waals surface area contributed by atoms with Crippen LogP contribution in [0.15, 0.2) is 16.6 Å². The third-order valence-corrected chi connectivity index (χ3v) is 6.32. The van der Waals surface area contributed by atoms with Gasteiger partial charge in [-0.2, -0.15) is 0 Å². The van der Waals surface area contributed by atoms with Gasteiger partial charge in [0.25, 0.3) is 0 Å². The van der Waals surface area contributed by atoms with Crippen LogP contribution in [0.1, 0.15) is 48.9 Å². The fraction of sp³-hybridized carbons (Fsp3) is 0.650. The van der Waals surface area contributed by atoms with E-state index < -0.39 is 11.8 Å². The number of hydrogen-bond acceptors (Lipinski definition) is 5. The maximum Gasteiger partial charge on any atom is 0.339 e. The first-order valence-electron chi connectivity index (χ1n) is 9.60. The average molecular weight is 444 g/mol. The molecule has 5 nitrogen and oxygen atoms in total. The quantitative estimate of drug-likeness (QED) is 0.698. The van der Waals surface area contributed by atoms with Crippen LogP contribution in [0.4, 0.5) is 10.1 Å². The molecule has 0 atom stereocenters. The zero-order valence-electron chi connectivity index (χ0n) is 15.6. The lowest BCUT2D eigenvalue weighted by Gasteiger charge is -2.37. The number of anilines is 1. The predicted octanol–water partition coefficient (Wildman–Crippen LogP) is 3.91. The van der Waals surface area contributed by atoms with E-state index in [1.165, 1.54) is 13.2 Å². The largest absolute Gasteiger partial charge is 0.465 e. The number of carbonyl (C=O) groups is 1. The first-order valence-corrected chi connectivity index (χ1v) is 10.4. The van der Waals surface area contributed by atoms with Crippen molar-refractivity contribution in [2.75, 3.05) is 31.7 Å². The summed E-state index contributed by atoms with van der Waals surface area (Å²) in [7, 11) is 1.28. The van der Waals surface area contributed by atoms with Gasteiger partial charge in [0.05, 0.1) is 30.6 Å². The number of carbonyl (C=O) groups excluding carboxylic acids is 1. The number of aliphatic hydroxyl groups is 1. The van der Waals surface area contributed by atoms with Gasteiger partial charge in [-0.25, -0.2) is 9.18 Å². The van der Waals surface area contributed by atoms with Crippen molar-refractivity contribution in [1.82, 2.24) is 0 Å². The van der Waals surface area contributed by atoms with E-state index in [4.69, 9.17) is 4.74 Å². The standard InChI is InChI=1S/C20H27BrFNO4/c1-26-20(25)16-10-18(22)19(11-17(16)21)23-8-6-15(7-9-23)27-14-4-2-13(12-24)3-5-14/h10-11,13-15,24H,2-9,12H2,1H3/t13-,14-. The van der Waals surface area contributed by atoms with Gasteiger partial charge < -0.3 is 19.5 Å².